The Morgan fingerprint density at radius 3 is 2.95 bits per heavy atom. The molecule has 3 nitrogen and oxygen atoms in total. The zero-order valence-electron chi connectivity index (χ0n) is 11.2. The zero-order valence-corrected chi connectivity index (χ0v) is 12.8. The van der Waals surface area contributed by atoms with E-state index in [1.165, 1.54) is 0 Å². The van der Waals surface area contributed by atoms with Crippen LogP contribution in [0.2, 0.25) is 0 Å². The first-order valence-electron chi connectivity index (χ1n) is 6.31. The molecule has 0 fully saturated rings. The number of aryl methyl sites for hydroxylation is 1. The molecule has 0 aromatic heterocycles. The van der Waals surface area contributed by atoms with Gasteiger partial charge in [-0.1, -0.05) is 40.2 Å². The van der Waals surface area contributed by atoms with Gasteiger partial charge in [-0.05, 0) is 31.0 Å². The van der Waals surface area contributed by atoms with E-state index in [0.29, 0.717) is 26.2 Å². The number of nitrogens with one attached hydrogen (secondary N) is 1. The minimum Gasteiger partial charge on any atom is -0.375 e. The van der Waals surface area contributed by atoms with E-state index in [1.54, 1.807) is 0 Å². The molecule has 104 valence electrons. The highest BCUT2D eigenvalue weighted by molar-refractivity contribution is 9.10. The van der Waals surface area contributed by atoms with Gasteiger partial charge in [-0.25, -0.2) is 0 Å². The maximum atomic E-state index is 11.6. The predicted molar refractivity (Wildman–Crippen MR) is 81.1 cm³/mol. The number of amides is 1. The molecule has 19 heavy (non-hydrogen) atoms. The highest BCUT2D eigenvalue weighted by Gasteiger charge is 2.02. The van der Waals surface area contributed by atoms with Crippen molar-refractivity contribution in [2.45, 2.75) is 19.8 Å². The van der Waals surface area contributed by atoms with Crippen molar-refractivity contribution in [1.29, 1.82) is 0 Å². The molecule has 4 heteroatoms. The van der Waals surface area contributed by atoms with Gasteiger partial charge in [0.25, 0.3) is 0 Å². The Kier molecular flexibility index (Phi) is 7.45. The first kappa shape index (κ1) is 15.9. The average Bonchev–Trinajstić information content (AvgIpc) is 2.35. The molecule has 1 amide bonds. The summed E-state index contributed by atoms with van der Waals surface area (Å²) >= 11 is 3.42. The van der Waals surface area contributed by atoms with Crippen LogP contribution in [0.3, 0.4) is 0 Å². The van der Waals surface area contributed by atoms with Gasteiger partial charge in [0.1, 0.15) is 0 Å². The summed E-state index contributed by atoms with van der Waals surface area (Å²) in [6.07, 6.45) is 1.24. The van der Waals surface area contributed by atoms with E-state index in [1.807, 2.05) is 31.2 Å². The summed E-state index contributed by atoms with van der Waals surface area (Å²) in [5.74, 6) is 0.0545. The second kappa shape index (κ2) is 8.88. The highest BCUT2D eigenvalue weighted by Crippen LogP contribution is 2.12. The summed E-state index contributed by atoms with van der Waals surface area (Å²) in [6, 6.07) is 8.00. The smallest absolute Gasteiger partial charge is 0.220 e. The normalized spacial score (nSPS) is 10.2. The first-order chi connectivity index (χ1) is 9.08. The van der Waals surface area contributed by atoms with Gasteiger partial charge in [0.2, 0.25) is 5.91 Å². The minimum atomic E-state index is 0.0545. The molecule has 0 spiro atoms. The van der Waals surface area contributed by atoms with Crippen LogP contribution in [0.15, 0.2) is 40.9 Å². The van der Waals surface area contributed by atoms with Crippen LogP contribution in [0, 0.1) is 0 Å². The third-order valence-corrected chi connectivity index (χ3v) is 2.94. The molecule has 0 aliphatic rings. The van der Waals surface area contributed by atoms with Gasteiger partial charge < -0.3 is 10.1 Å². The third kappa shape index (κ3) is 7.80. The van der Waals surface area contributed by atoms with Crippen molar-refractivity contribution in [3.8, 4) is 0 Å². The van der Waals surface area contributed by atoms with Crippen molar-refractivity contribution in [1.82, 2.24) is 5.32 Å². The third-order valence-electron chi connectivity index (χ3n) is 2.45. The molecule has 0 saturated carbocycles. The van der Waals surface area contributed by atoms with Crippen LogP contribution in [-0.2, 0) is 16.0 Å². The SMILES string of the molecule is C=C(C)COCCNC(=O)CCc1cccc(Br)c1. The van der Waals surface area contributed by atoms with Crippen LogP contribution in [0.1, 0.15) is 18.9 Å². The van der Waals surface area contributed by atoms with E-state index in [-0.39, 0.29) is 5.91 Å². The van der Waals surface area contributed by atoms with Crippen molar-refractivity contribution in [2.24, 2.45) is 0 Å². The Bertz CT molecular complexity index is 432. The summed E-state index contributed by atoms with van der Waals surface area (Å²) in [4.78, 5) is 11.6. The van der Waals surface area contributed by atoms with Crippen LogP contribution in [0.5, 0.6) is 0 Å². The molecule has 0 bridgehead atoms. The molecule has 1 rings (SSSR count). The lowest BCUT2D eigenvalue weighted by molar-refractivity contribution is -0.121. The Morgan fingerprint density at radius 1 is 1.47 bits per heavy atom. The van der Waals surface area contributed by atoms with Crippen molar-refractivity contribution < 1.29 is 9.53 Å². The molecule has 0 heterocycles. The van der Waals surface area contributed by atoms with E-state index in [0.717, 1.165) is 22.0 Å². The number of carbonyl (C=O) groups is 1. The molecule has 0 atom stereocenters. The van der Waals surface area contributed by atoms with Crippen molar-refractivity contribution in [2.75, 3.05) is 19.8 Å². The fraction of sp³-hybridized carbons (Fsp3) is 0.400. The Morgan fingerprint density at radius 2 is 2.26 bits per heavy atom. The van der Waals surface area contributed by atoms with E-state index >= 15 is 0 Å². The highest BCUT2D eigenvalue weighted by atomic mass is 79.9. The number of ether oxygens (including phenoxy) is 1. The van der Waals surface area contributed by atoms with Gasteiger partial charge >= 0.3 is 0 Å². The van der Waals surface area contributed by atoms with Gasteiger partial charge in [0, 0.05) is 17.4 Å². The van der Waals surface area contributed by atoms with Crippen molar-refractivity contribution >= 4 is 21.8 Å². The first-order valence-corrected chi connectivity index (χ1v) is 7.10. The predicted octanol–water partition coefficient (Wildman–Crippen LogP) is 3.09. The summed E-state index contributed by atoms with van der Waals surface area (Å²) < 4.78 is 6.34. The molecule has 0 unspecified atom stereocenters. The standard InChI is InChI=1S/C15H20BrNO2/c1-12(2)11-19-9-8-17-15(18)7-6-13-4-3-5-14(16)10-13/h3-5,10H,1,6-9,11H2,2H3,(H,17,18). The van der Waals surface area contributed by atoms with Gasteiger partial charge in [0.15, 0.2) is 0 Å². The molecule has 1 aromatic carbocycles. The van der Waals surface area contributed by atoms with Gasteiger partial charge in [-0.3, -0.25) is 4.79 Å². The van der Waals surface area contributed by atoms with E-state index < -0.39 is 0 Å². The zero-order chi connectivity index (χ0) is 14.1. The summed E-state index contributed by atoms with van der Waals surface area (Å²) in [5.41, 5.74) is 2.14. The summed E-state index contributed by atoms with van der Waals surface area (Å²) in [7, 11) is 0. The lowest BCUT2D eigenvalue weighted by Gasteiger charge is -2.06. The number of rotatable bonds is 8. The van der Waals surface area contributed by atoms with E-state index in [2.05, 4.69) is 27.8 Å². The molecule has 1 N–H and O–H groups in total. The largest absolute Gasteiger partial charge is 0.375 e. The maximum Gasteiger partial charge on any atom is 0.220 e. The second-order valence-corrected chi connectivity index (χ2v) is 5.41. The van der Waals surface area contributed by atoms with Gasteiger partial charge in [-0.2, -0.15) is 0 Å². The maximum absolute atomic E-state index is 11.6. The monoisotopic (exact) mass is 325 g/mol. The average molecular weight is 326 g/mol. The summed E-state index contributed by atoms with van der Waals surface area (Å²) in [5, 5.41) is 2.84. The van der Waals surface area contributed by atoms with Gasteiger partial charge in [0.05, 0.1) is 13.2 Å². The topological polar surface area (TPSA) is 38.3 Å². The lowest BCUT2D eigenvalue weighted by atomic mass is 10.1. The van der Waals surface area contributed by atoms with Crippen LogP contribution in [0.25, 0.3) is 0 Å². The number of hydrogen-bond acceptors (Lipinski definition) is 2. The quantitative estimate of drug-likeness (QED) is 0.589. The van der Waals surface area contributed by atoms with E-state index in [4.69, 9.17) is 4.74 Å². The lowest BCUT2D eigenvalue weighted by Crippen LogP contribution is -2.27. The molecule has 0 aliphatic heterocycles. The minimum absolute atomic E-state index is 0.0545. The fourth-order valence-electron chi connectivity index (χ4n) is 1.55. The molecule has 0 radical (unpaired) electrons. The van der Waals surface area contributed by atoms with Crippen LogP contribution >= 0.6 is 15.9 Å². The van der Waals surface area contributed by atoms with Gasteiger partial charge in [-0.15, -0.1) is 0 Å². The van der Waals surface area contributed by atoms with Crippen molar-refractivity contribution in [3.05, 3.63) is 46.5 Å². The van der Waals surface area contributed by atoms with Crippen LogP contribution in [0.4, 0.5) is 0 Å². The molecular weight excluding hydrogens is 306 g/mol. The molecular formula is C15H20BrNO2. The summed E-state index contributed by atoms with van der Waals surface area (Å²) in [6.45, 7) is 7.27. The Hall–Kier alpha value is -1.13. The van der Waals surface area contributed by atoms with E-state index in [9.17, 15) is 4.79 Å². The second-order valence-electron chi connectivity index (χ2n) is 4.49. The number of benzene rings is 1. The fourth-order valence-corrected chi connectivity index (χ4v) is 1.99. The Balaban J connectivity index is 2.13. The molecule has 1 aromatic rings. The number of hydrogen-bond donors (Lipinski definition) is 1. The Labute approximate surface area is 123 Å². The number of halogens is 1. The molecule has 0 saturated heterocycles. The number of carbonyl (C=O) groups excluding carboxylic acids is 1. The molecule has 0 aliphatic carbocycles. The van der Waals surface area contributed by atoms with Crippen LogP contribution < -0.4 is 5.32 Å². The van der Waals surface area contributed by atoms with Crippen molar-refractivity contribution in [3.63, 3.8) is 0 Å². The van der Waals surface area contributed by atoms with Crippen LogP contribution in [-0.4, -0.2) is 25.7 Å².